The van der Waals surface area contributed by atoms with E-state index >= 15 is 0 Å². The zero-order chi connectivity index (χ0) is 18.4. The Hall–Kier alpha value is -2.20. The van der Waals surface area contributed by atoms with Crippen molar-refractivity contribution in [2.24, 2.45) is 0 Å². The number of hydrogen-bond donors (Lipinski definition) is 1. The molecule has 0 aromatic heterocycles. The number of halogens is 1. The minimum Gasteiger partial charge on any atom is -0.493 e. The van der Waals surface area contributed by atoms with Crippen LogP contribution in [0.5, 0.6) is 5.75 Å². The van der Waals surface area contributed by atoms with E-state index in [0.29, 0.717) is 24.5 Å². The minimum absolute atomic E-state index is 0.0214. The van der Waals surface area contributed by atoms with Crippen molar-refractivity contribution in [2.45, 2.75) is 32.6 Å². The average Bonchev–Trinajstić information content (AvgIpc) is 3.15. The van der Waals surface area contributed by atoms with E-state index in [0.717, 1.165) is 35.8 Å². The van der Waals surface area contributed by atoms with Gasteiger partial charge >= 0.3 is 0 Å². The smallest absolute Gasteiger partial charge is 0.224 e. The second-order valence-electron chi connectivity index (χ2n) is 6.62. The molecule has 3 rings (SSSR count). The molecule has 1 heterocycles. The Bertz CT molecular complexity index is 757. The summed E-state index contributed by atoms with van der Waals surface area (Å²) in [6.07, 6.45) is 3.52. The molecular weight excluding hydrogens is 348 g/mol. The molecular formula is C21H25ClN2O2. The number of nitrogens with zero attached hydrogens (tertiary/aromatic N) is 1. The fourth-order valence-electron chi connectivity index (χ4n) is 3.22. The standard InChI is InChI=1S/C21H25ClN2O2/c1-16-15-17(22)10-11-20(16)26-14-6-9-21(25)23-18-7-2-3-8-19(18)24-12-4-5-13-24/h2-3,7-8,10-11,15H,4-6,9,12-14H2,1H3,(H,23,25). The summed E-state index contributed by atoms with van der Waals surface area (Å²) in [7, 11) is 0. The van der Waals surface area contributed by atoms with Gasteiger partial charge in [0.1, 0.15) is 5.75 Å². The number of ether oxygens (including phenoxy) is 1. The van der Waals surface area contributed by atoms with Crippen molar-refractivity contribution >= 4 is 28.9 Å². The van der Waals surface area contributed by atoms with E-state index in [4.69, 9.17) is 16.3 Å². The van der Waals surface area contributed by atoms with Crippen LogP contribution < -0.4 is 15.0 Å². The Balaban J connectivity index is 1.47. The van der Waals surface area contributed by atoms with Gasteiger partial charge in [-0.2, -0.15) is 0 Å². The molecule has 2 aromatic carbocycles. The van der Waals surface area contributed by atoms with Crippen LogP contribution in [0.2, 0.25) is 5.02 Å². The average molecular weight is 373 g/mol. The van der Waals surface area contributed by atoms with Gasteiger partial charge < -0.3 is 15.0 Å². The van der Waals surface area contributed by atoms with Gasteiger partial charge in [0.05, 0.1) is 18.0 Å². The Morgan fingerprint density at radius 1 is 1.19 bits per heavy atom. The largest absolute Gasteiger partial charge is 0.493 e. The molecule has 1 aliphatic rings. The van der Waals surface area contributed by atoms with Gasteiger partial charge in [-0.15, -0.1) is 0 Å². The van der Waals surface area contributed by atoms with Gasteiger partial charge in [0, 0.05) is 24.5 Å². The monoisotopic (exact) mass is 372 g/mol. The summed E-state index contributed by atoms with van der Waals surface area (Å²) in [4.78, 5) is 14.6. The van der Waals surface area contributed by atoms with E-state index < -0.39 is 0 Å². The first-order valence-electron chi connectivity index (χ1n) is 9.16. The van der Waals surface area contributed by atoms with Gasteiger partial charge in [-0.3, -0.25) is 4.79 Å². The first kappa shape index (κ1) is 18.6. The van der Waals surface area contributed by atoms with Gasteiger partial charge in [0.25, 0.3) is 0 Å². The Kier molecular flexibility index (Phi) is 6.40. The molecule has 26 heavy (non-hydrogen) atoms. The quantitative estimate of drug-likeness (QED) is 0.692. The number of hydrogen-bond acceptors (Lipinski definition) is 3. The Morgan fingerprint density at radius 3 is 2.73 bits per heavy atom. The predicted molar refractivity (Wildman–Crippen MR) is 107 cm³/mol. The molecule has 0 radical (unpaired) electrons. The molecule has 0 spiro atoms. The van der Waals surface area contributed by atoms with Crippen molar-refractivity contribution in [1.82, 2.24) is 0 Å². The lowest BCUT2D eigenvalue weighted by atomic mass is 10.2. The fourth-order valence-corrected chi connectivity index (χ4v) is 3.44. The zero-order valence-electron chi connectivity index (χ0n) is 15.1. The van der Waals surface area contributed by atoms with Gasteiger partial charge in [0.15, 0.2) is 0 Å². The highest BCUT2D eigenvalue weighted by atomic mass is 35.5. The van der Waals surface area contributed by atoms with Crippen LogP contribution in [0.1, 0.15) is 31.2 Å². The van der Waals surface area contributed by atoms with Gasteiger partial charge in [0.2, 0.25) is 5.91 Å². The summed E-state index contributed by atoms with van der Waals surface area (Å²) < 4.78 is 5.75. The third-order valence-electron chi connectivity index (χ3n) is 4.57. The van der Waals surface area contributed by atoms with E-state index in [-0.39, 0.29) is 5.91 Å². The number of benzene rings is 2. The SMILES string of the molecule is Cc1cc(Cl)ccc1OCCCC(=O)Nc1ccccc1N1CCCC1. The van der Waals surface area contributed by atoms with Crippen molar-refractivity contribution in [3.63, 3.8) is 0 Å². The second-order valence-corrected chi connectivity index (χ2v) is 7.06. The van der Waals surface area contributed by atoms with E-state index in [9.17, 15) is 4.79 Å². The predicted octanol–water partition coefficient (Wildman–Crippen LogP) is 5.05. The number of rotatable bonds is 7. The minimum atomic E-state index is 0.0214. The number of anilines is 2. The van der Waals surface area contributed by atoms with Crippen LogP contribution in [0.25, 0.3) is 0 Å². The highest BCUT2D eigenvalue weighted by molar-refractivity contribution is 6.30. The number of para-hydroxylation sites is 2. The van der Waals surface area contributed by atoms with Crippen LogP contribution in [-0.4, -0.2) is 25.6 Å². The molecule has 0 atom stereocenters. The number of carbonyl (C=O) groups is 1. The maximum Gasteiger partial charge on any atom is 0.224 e. The molecule has 4 nitrogen and oxygen atoms in total. The van der Waals surface area contributed by atoms with Crippen LogP contribution in [-0.2, 0) is 4.79 Å². The van der Waals surface area contributed by atoms with Crippen LogP contribution in [0, 0.1) is 6.92 Å². The molecule has 5 heteroatoms. The van der Waals surface area contributed by atoms with Gasteiger partial charge in [-0.25, -0.2) is 0 Å². The van der Waals surface area contributed by atoms with Crippen LogP contribution in [0.15, 0.2) is 42.5 Å². The van der Waals surface area contributed by atoms with Gasteiger partial charge in [-0.1, -0.05) is 23.7 Å². The van der Waals surface area contributed by atoms with Crippen molar-refractivity contribution < 1.29 is 9.53 Å². The second kappa shape index (κ2) is 8.95. The highest BCUT2D eigenvalue weighted by Gasteiger charge is 2.16. The van der Waals surface area contributed by atoms with E-state index in [1.165, 1.54) is 12.8 Å². The maximum absolute atomic E-state index is 12.3. The van der Waals surface area contributed by atoms with Gasteiger partial charge in [-0.05, 0) is 62.1 Å². The first-order chi connectivity index (χ1) is 12.6. The topological polar surface area (TPSA) is 41.6 Å². The maximum atomic E-state index is 12.3. The zero-order valence-corrected chi connectivity index (χ0v) is 15.9. The fraction of sp³-hybridized carbons (Fsp3) is 0.381. The molecule has 0 saturated carbocycles. The summed E-state index contributed by atoms with van der Waals surface area (Å²) in [5.41, 5.74) is 3.02. The normalized spacial score (nSPS) is 13.7. The molecule has 138 valence electrons. The number of carbonyl (C=O) groups excluding carboxylic acids is 1. The molecule has 1 fully saturated rings. The van der Waals surface area contributed by atoms with Crippen molar-refractivity contribution in [1.29, 1.82) is 0 Å². The van der Waals surface area contributed by atoms with E-state index in [1.807, 2.05) is 43.3 Å². The lowest BCUT2D eigenvalue weighted by molar-refractivity contribution is -0.116. The highest BCUT2D eigenvalue weighted by Crippen LogP contribution is 2.28. The Labute approximate surface area is 160 Å². The third kappa shape index (κ3) is 4.92. The third-order valence-corrected chi connectivity index (χ3v) is 4.80. The molecule has 0 bridgehead atoms. The molecule has 0 unspecified atom stereocenters. The van der Waals surface area contributed by atoms with E-state index in [1.54, 1.807) is 0 Å². The van der Waals surface area contributed by atoms with E-state index in [2.05, 4.69) is 16.3 Å². The number of amides is 1. The lowest BCUT2D eigenvalue weighted by Crippen LogP contribution is -2.21. The molecule has 1 N–H and O–H groups in total. The van der Waals surface area contributed by atoms with Crippen molar-refractivity contribution in [3.05, 3.63) is 53.1 Å². The summed E-state index contributed by atoms with van der Waals surface area (Å²) >= 11 is 5.94. The molecule has 1 aliphatic heterocycles. The molecule has 2 aromatic rings. The van der Waals surface area contributed by atoms with Crippen LogP contribution in [0.3, 0.4) is 0 Å². The summed E-state index contributed by atoms with van der Waals surface area (Å²) in [5, 5.41) is 3.75. The molecule has 1 amide bonds. The molecule has 1 saturated heterocycles. The van der Waals surface area contributed by atoms with Crippen LogP contribution >= 0.6 is 11.6 Å². The Morgan fingerprint density at radius 2 is 1.96 bits per heavy atom. The van der Waals surface area contributed by atoms with Crippen molar-refractivity contribution in [3.8, 4) is 5.75 Å². The first-order valence-corrected chi connectivity index (χ1v) is 9.54. The van der Waals surface area contributed by atoms with Crippen LogP contribution in [0.4, 0.5) is 11.4 Å². The summed E-state index contributed by atoms with van der Waals surface area (Å²) in [5.74, 6) is 0.835. The summed E-state index contributed by atoms with van der Waals surface area (Å²) in [6, 6.07) is 13.6. The number of aryl methyl sites for hydroxylation is 1. The molecule has 0 aliphatic carbocycles. The lowest BCUT2D eigenvalue weighted by Gasteiger charge is -2.21. The number of nitrogens with one attached hydrogen (secondary N) is 1. The van der Waals surface area contributed by atoms with Crippen molar-refractivity contribution in [2.75, 3.05) is 29.9 Å². The summed E-state index contributed by atoms with van der Waals surface area (Å²) in [6.45, 7) is 4.58.